The van der Waals surface area contributed by atoms with Gasteiger partial charge in [0.2, 0.25) is 0 Å². The van der Waals surface area contributed by atoms with Gasteiger partial charge in [-0.25, -0.2) is 9.97 Å². The van der Waals surface area contributed by atoms with Crippen molar-refractivity contribution in [3.8, 4) is 56.7 Å². The highest BCUT2D eigenvalue weighted by Crippen LogP contribution is 2.47. The van der Waals surface area contributed by atoms with E-state index in [0.29, 0.717) is 5.82 Å². The summed E-state index contributed by atoms with van der Waals surface area (Å²) >= 11 is 0. The van der Waals surface area contributed by atoms with Crippen LogP contribution in [0.1, 0.15) is 0 Å². The zero-order valence-corrected chi connectivity index (χ0v) is 41.1. The van der Waals surface area contributed by atoms with Crippen molar-refractivity contribution in [3.63, 3.8) is 0 Å². The first-order valence-corrected chi connectivity index (χ1v) is 25.9. The van der Waals surface area contributed by atoms with Crippen molar-refractivity contribution in [2.24, 2.45) is 0 Å². The van der Waals surface area contributed by atoms with E-state index in [0.717, 1.165) is 94.7 Å². The third kappa shape index (κ3) is 6.22. The van der Waals surface area contributed by atoms with Gasteiger partial charge in [-0.3, -0.25) is 0 Å². The Morgan fingerprint density at radius 1 is 0.237 bits per heavy atom. The monoisotopic (exact) mass is 968 g/mol. The molecule has 5 heterocycles. The first kappa shape index (κ1) is 42.2. The van der Waals surface area contributed by atoms with Gasteiger partial charge in [-0.05, 0) is 91.0 Å². The van der Waals surface area contributed by atoms with Gasteiger partial charge in [-0.1, -0.05) is 176 Å². The van der Waals surface area contributed by atoms with Gasteiger partial charge in [0.1, 0.15) is 0 Å². The molecule has 354 valence electrons. The minimum Gasteiger partial charge on any atom is -0.309 e. The molecule has 0 N–H and O–H groups in total. The highest BCUT2D eigenvalue weighted by molar-refractivity contribution is 6.29. The molecule has 0 saturated heterocycles. The zero-order chi connectivity index (χ0) is 49.8. The number of hydrogen-bond donors (Lipinski definition) is 0. The van der Waals surface area contributed by atoms with Gasteiger partial charge in [-0.15, -0.1) is 0 Å². The van der Waals surface area contributed by atoms with Crippen molar-refractivity contribution in [1.29, 1.82) is 0 Å². The predicted molar refractivity (Wildman–Crippen MR) is 316 cm³/mol. The van der Waals surface area contributed by atoms with Crippen LogP contribution >= 0.6 is 0 Å². The fraction of sp³-hybridized carbons (Fsp3) is 0. The number of hydrogen-bond acceptors (Lipinski definition) is 2. The molecule has 6 nitrogen and oxygen atoms in total. The second-order valence-electron chi connectivity index (χ2n) is 19.7. The highest BCUT2D eigenvalue weighted by atomic mass is 15.0. The Balaban J connectivity index is 1.07. The number of aromatic nitrogens is 6. The van der Waals surface area contributed by atoms with E-state index >= 15 is 0 Å². The van der Waals surface area contributed by atoms with Crippen LogP contribution in [-0.2, 0) is 0 Å². The minimum absolute atomic E-state index is 0.686. The molecule has 0 aliphatic carbocycles. The number of benzene rings is 11. The van der Waals surface area contributed by atoms with Crippen LogP contribution in [0.4, 0.5) is 0 Å². The van der Waals surface area contributed by atoms with E-state index in [1.54, 1.807) is 0 Å². The van der Waals surface area contributed by atoms with E-state index < -0.39 is 0 Å². The summed E-state index contributed by atoms with van der Waals surface area (Å²) in [5.74, 6) is 0.686. The first-order chi connectivity index (χ1) is 37.7. The lowest BCUT2D eigenvalue weighted by molar-refractivity contribution is 1.16. The molecule has 76 heavy (non-hydrogen) atoms. The fourth-order valence-electron chi connectivity index (χ4n) is 12.4. The van der Waals surface area contributed by atoms with Gasteiger partial charge >= 0.3 is 0 Å². The lowest BCUT2D eigenvalue weighted by Gasteiger charge is -2.12. The second-order valence-corrected chi connectivity index (χ2v) is 19.7. The Hall–Kier alpha value is -10.3. The fourth-order valence-corrected chi connectivity index (χ4v) is 12.4. The SMILES string of the molecule is c1ccc(-c2cc(-c3cccc4c3c3ccc5c(c6ccccc6n5-c5ccccc5)c3n4-c3ccc4c(c3)c3c(ccc5c6ccccc6n(-c6ccccc6)c53)n4-c3ccccc3)nc(-c3ccccc3)n2)cc1. The molecule has 0 aliphatic rings. The topological polar surface area (TPSA) is 45.5 Å². The summed E-state index contributed by atoms with van der Waals surface area (Å²) in [6.07, 6.45) is 0. The molecule has 16 rings (SSSR count). The number of fused-ring (bicyclic) bond motifs is 14. The Morgan fingerprint density at radius 2 is 0.684 bits per heavy atom. The lowest BCUT2D eigenvalue weighted by Crippen LogP contribution is -1.97. The molecule has 0 saturated carbocycles. The van der Waals surface area contributed by atoms with Crippen molar-refractivity contribution in [2.75, 3.05) is 0 Å². The molecule has 0 unspecified atom stereocenters. The Morgan fingerprint density at radius 3 is 1.34 bits per heavy atom. The Kier molecular flexibility index (Phi) is 9.23. The summed E-state index contributed by atoms with van der Waals surface area (Å²) in [5, 5.41) is 9.47. The molecule has 16 aromatic rings. The lowest BCUT2D eigenvalue weighted by atomic mass is 10.0. The number of rotatable bonds is 7. The van der Waals surface area contributed by atoms with Crippen LogP contribution < -0.4 is 0 Å². The molecule has 0 radical (unpaired) electrons. The van der Waals surface area contributed by atoms with Crippen LogP contribution in [0, 0.1) is 0 Å². The third-order valence-corrected chi connectivity index (χ3v) is 15.5. The predicted octanol–water partition coefficient (Wildman–Crippen LogP) is 17.9. The van der Waals surface area contributed by atoms with Crippen molar-refractivity contribution in [1.82, 2.24) is 28.2 Å². The number of para-hydroxylation sites is 5. The Bertz CT molecular complexity index is 4890. The molecule has 0 bridgehead atoms. The summed E-state index contributed by atoms with van der Waals surface area (Å²) < 4.78 is 9.87. The minimum atomic E-state index is 0.686. The summed E-state index contributed by atoms with van der Waals surface area (Å²) in [7, 11) is 0. The van der Waals surface area contributed by atoms with Crippen LogP contribution in [-0.4, -0.2) is 28.2 Å². The van der Waals surface area contributed by atoms with Crippen molar-refractivity contribution in [2.45, 2.75) is 0 Å². The van der Waals surface area contributed by atoms with Gasteiger partial charge in [0.15, 0.2) is 5.82 Å². The van der Waals surface area contributed by atoms with Crippen molar-refractivity contribution < 1.29 is 0 Å². The second kappa shape index (κ2) is 16.6. The van der Waals surface area contributed by atoms with Gasteiger partial charge in [0, 0.05) is 82.5 Å². The van der Waals surface area contributed by atoms with E-state index in [4.69, 9.17) is 9.97 Å². The van der Waals surface area contributed by atoms with Gasteiger partial charge in [-0.2, -0.15) is 0 Å². The molecule has 11 aromatic carbocycles. The molecular formula is C70H44N6. The average molecular weight is 969 g/mol. The Labute approximate surface area is 436 Å². The standard InChI is InChI=1S/C70H44N6/c1-6-21-45(22-7-1)57-44-58(72-70(71-57)46-23-8-2-9-24-46)53-33-20-36-62-65(53)55-39-42-63-66(54-32-17-19-35-60(54)73(63)47-25-10-3-11-26-47)69(55)76(62)50-37-40-61-56(43-50)67-64(74(61)48-27-12-4-13-28-48)41-38-52-51-31-16-18-34-59(51)75(68(52)67)49-29-14-5-15-30-49/h1-44H. The van der Waals surface area contributed by atoms with Gasteiger partial charge < -0.3 is 18.3 Å². The van der Waals surface area contributed by atoms with E-state index in [1.165, 1.54) is 43.4 Å². The largest absolute Gasteiger partial charge is 0.309 e. The van der Waals surface area contributed by atoms with Crippen LogP contribution in [0.25, 0.3) is 144 Å². The van der Waals surface area contributed by atoms with E-state index in [2.05, 4.69) is 279 Å². The van der Waals surface area contributed by atoms with Crippen LogP contribution in [0.3, 0.4) is 0 Å². The van der Waals surface area contributed by atoms with Gasteiger partial charge in [0.05, 0.1) is 55.5 Å². The zero-order valence-electron chi connectivity index (χ0n) is 41.1. The van der Waals surface area contributed by atoms with Crippen LogP contribution in [0.2, 0.25) is 0 Å². The summed E-state index contributed by atoms with van der Waals surface area (Å²) in [4.78, 5) is 10.7. The van der Waals surface area contributed by atoms with Crippen molar-refractivity contribution in [3.05, 3.63) is 267 Å². The maximum atomic E-state index is 5.45. The highest BCUT2D eigenvalue weighted by Gasteiger charge is 2.26. The summed E-state index contributed by atoms with van der Waals surface area (Å²) in [6.45, 7) is 0. The summed E-state index contributed by atoms with van der Waals surface area (Å²) in [6, 6.07) is 96.3. The average Bonchev–Trinajstić information content (AvgIpc) is 4.24. The normalized spacial score (nSPS) is 11.9. The van der Waals surface area contributed by atoms with E-state index in [1.807, 2.05) is 6.07 Å². The summed E-state index contributed by atoms with van der Waals surface area (Å²) in [5.41, 5.74) is 18.4. The maximum Gasteiger partial charge on any atom is 0.160 e. The number of nitrogens with zero attached hydrogens (tertiary/aromatic N) is 6. The molecular weight excluding hydrogens is 925 g/mol. The van der Waals surface area contributed by atoms with Crippen LogP contribution in [0.5, 0.6) is 0 Å². The molecule has 6 heteroatoms. The molecule has 0 amide bonds. The molecule has 0 spiro atoms. The quantitative estimate of drug-likeness (QED) is 0.160. The van der Waals surface area contributed by atoms with Crippen LogP contribution in [0.15, 0.2) is 267 Å². The van der Waals surface area contributed by atoms with Crippen molar-refractivity contribution >= 4 is 87.2 Å². The molecule has 5 aromatic heterocycles. The molecule has 0 atom stereocenters. The first-order valence-electron chi connectivity index (χ1n) is 25.9. The van der Waals surface area contributed by atoms with E-state index in [-0.39, 0.29) is 0 Å². The van der Waals surface area contributed by atoms with Gasteiger partial charge in [0.25, 0.3) is 0 Å². The molecule has 0 fully saturated rings. The maximum absolute atomic E-state index is 5.45. The molecule has 0 aliphatic heterocycles. The smallest absolute Gasteiger partial charge is 0.160 e. The van der Waals surface area contributed by atoms with E-state index in [9.17, 15) is 0 Å². The third-order valence-electron chi connectivity index (χ3n) is 15.5.